The number of Topliss-reactive ketones (excluding diaryl/α,β-unsaturated/α-hetero) is 1. The van der Waals surface area contributed by atoms with Crippen molar-refractivity contribution in [3.63, 3.8) is 0 Å². The fourth-order valence-corrected chi connectivity index (χ4v) is 4.54. The molecule has 1 aromatic rings. The van der Waals surface area contributed by atoms with Crippen LogP contribution < -0.4 is 0 Å². The van der Waals surface area contributed by atoms with Crippen molar-refractivity contribution in [2.75, 3.05) is 13.2 Å². The molecule has 1 aliphatic heterocycles. The zero-order valence-corrected chi connectivity index (χ0v) is 17.7. The minimum atomic E-state index is -0.868. The minimum Gasteiger partial charge on any atom is -0.481 e. The van der Waals surface area contributed by atoms with E-state index in [1.54, 1.807) is 12.1 Å². The van der Waals surface area contributed by atoms with Gasteiger partial charge >= 0.3 is 5.97 Å². The van der Waals surface area contributed by atoms with Gasteiger partial charge in [-0.15, -0.1) is 0 Å². The van der Waals surface area contributed by atoms with Crippen LogP contribution in [-0.2, 0) is 24.8 Å². The Labute approximate surface area is 181 Å². The number of carboxylic acids is 1. The number of aliphatic hydroxyl groups excluding tert-OH is 1. The lowest BCUT2D eigenvalue weighted by Crippen LogP contribution is -2.30. The van der Waals surface area contributed by atoms with Gasteiger partial charge in [-0.25, -0.2) is 0 Å². The van der Waals surface area contributed by atoms with Gasteiger partial charge in [0.2, 0.25) is 0 Å². The van der Waals surface area contributed by atoms with Crippen LogP contribution in [0.3, 0.4) is 0 Å². The summed E-state index contributed by atoms with van der Waals surface area (Å²) >= 11 is 6.01. The van der Waals surface area contributed by atoms with Crippen LogP contribution in [0.1, 0.15) is 50.5 Å². The Hall–Kier alpha value is -1.73. The Balaban J connectivity index is 1.61. The third kappa shape index (κ3) is 5.70. The minimum absolute atomic E-state index is 0.0801. The van der Waals surface area contributed by atoms with E-state index in [4.69, 9.17) is 26.2 Å². The molecule has 2 N–H and O–H groups in total. The number of ether oxygens (including phenoxy) is 2. The molecule has 0 spiro atoms. The average Bonchev–Trinajstić information content (AvgIpc) is 3.28. The fraction of sp³-hybridized carbons (Fsp3) is 0.565. The van der Waals surface area contributed by atoms with Crippen LogP contribution in [0.25, 0.3) is 0 Å². The summed E-state index contributed by atoms with van der Waals surface area (Å²) in [6, 6.07) is 7.38. The van der Waals surface area contributed by atoms with Gasteiger partial charge in [0.25, 0.3) is 0 Å². The molecule has 1 saturated heterocycles. The molecule has 6 nitrogen and oxygen atoms in total. The van der Waals surface area contributed by atoms with E-state index < -0.39 is 17.9 Å². The van der Waals surface area contributed by atoms with E-state index in [9.17, 15) is 14.7 Å². The van der Waals surface area contributed by atoms with Crippen LogP contribution in [0.4, 0.5) is 0 Å². The summed E-state index contributed by atoms with van der Waals surface area (Å²) in [5.41, 5.74) is 0.887. The van der Waals surface area contributed by atoms with Crippen LogP contribution >= 0.6 is 11.6 Å². The van der Waals surface area contributed by atoms with E-state index in [2.05, 4.69) is 0 Å². The van der Waals surface area contributed by atoms with Crippen molar-refractivity contribution in [1.29, 1.82) is 0 Å². The number of benzene rings is 1. The van der Waals surface area contributed by atoms with Crippen molar-refractivity contribution in [2.45, 2.75) is 56.8 Å². The number of halogens is 1. The highest BCUT2D eigenvalue weighted by Gasteiger charge is 2.44. The fourth-order valence-electron chi connectivity index (χ4n) is 4.42. The van der Waals surface area contributed by atoms with Crippen LogP contribution in [-0.4, -0.2) is 41.3 Å². The third-order valence-corrected chi connectivity index (χ3v) is 6.25. The molecule has 0 unspecified atom stereocenters. The predicted octanol–water partition coefficient (Wildman–Crippen LogP) is 4.09. The summed E-state index contributed by atoms with van der Waals surface area (Å²) in [5, 5.41) is 19.8. The van der Waals surface area contributed by atoms with E-state index in [1.807, 2.05) is 24.3 Å². The molecular weight excluding hydrogens is 408 g/mol. The van der Waals surface area contributed by atoms with Crippen molar-refractivity contribution in [3.05, 3.63) is 47.0 Å². The van der Waals surface area contributed by atoms with Crippen LogP contribution in [0.5, 0.6) is 0 Å². The molecule has 1 aliphatic carbocycles. The first-order valence-corrected chi connectivity index (χ1v) is 10.9. The Kier molecular flexibility index (Phi) is 8.06. The summed E-state index contributed by atoms with van der Waals surface area (Å²) in [6.07, 6.45) is 6.48. The van der Waals surface area contributed by atoms with Gasteiger partial charge < -0.3 is 19.7 Å². The number of carboxylic acid groups (broad SMARTS) is 1. The van der Waals surface area contributed by atoms with Crippen LogP contribution in [0, 0.1) is 11.8 Å². The van der Waals surface area contributed by atoms with Gasteiger partial charge in [-0.3, -0.25) is 9.59 Å². The molecule has 0 amide bonds. The number of aliphatic carboxylic acids is 1. The number of aliphatic hydroxyl groups is 1. The van der Waals surface area contributed by atoms with Crippen molar-refractivity contribution in [3.8, 4) is 0 Å². The molecule has 2 aliphatic rings. The van der Waals surface area contributed by atoms with Crippen molar-refractivity contribution in [2.24, 2.45) is 11.8 Å². The van der Waals surface area contributed by atoms with Gasteiger partial charge in [0, 0.05) is 35.8 Å². The summed E-state index contributed by atoms with van der Waals surface area (Å²) in [7, 11) is 0. The first-order valence-electron chi connectivity index (χ1n) is 10.5. The van der Waals surface area contributed by atoms with E-state index in [1.165, 1.54) is 0 Å². The number of hydrogen-bond donors (Lipinski definition) is 2. The maximum Gasteiger partial charge on any atom is 0.303 e. The number of hydrogen-bond acceptors (Lipinski definition) is 5. The number of rotatable bonds is 10. The second-order valence-electron chi connectivity index (χ2n) is 8.00. The first-order chi connectivity index (χ1) is 14.4. The molecule has 0 bridgehead atoms. The zero-order chi connectivity index (χ0) is 21.6. The largest absolute Gasteiger partial charge is 0.481 e. The molecule has 0 radical (unpaired) electrons. The number of unbranched alkanes of at least 4 members (excludes halogenated alkanes) is 1. The van der Waals surface area contributed by atoms with E-state index in [0.29, 0.717) is 50.3 Å². The monoisotopic (exact) mass is 436 g/mol. The Morgan fingerprint density at radius 3 is 2.57 bits per heavy atom. The quantitative estimate of drug-likeness (QED) is 0.424. The van der Waals surface area contributed by atoms with Crippen LogP contribution in [0.15, 0.2) is 36.4 Å². The molecule has 2 fully saturated rings. The molecule has 0 aromatic heterocycles. The summed E-state index contributed by atoms with van der Waals surface area (Å²) in [5.74, 6) is -1.98. The SMILES string of the molecule is O=C(O)CCC/C=C\C[C@H]1C(=O)C[C@@H](O)[C@@H]1CCC1(c2ccc(Cl)cc2)OCCO1. The third-order valence-electron chi connectivity index (χ3n) is 6.00. The molecule has 3 rings (SSSR count). The van der Waals surface area contributed by atoms with Gasteiger partial charge in [0.05, 0.1) is 19.3 Å². The predicted molar refractivity (Wildman–Crippen MR) is 112 cm³/mol. The van der Waals surface area contributed by atoms with Crippen LogP contribution in [0.2, 0.25) is 5.02 Å². The van der Waals surface area contributed by atoms with E-state index >= 15 is 0 Å². The van der Waals surface area contributed by atoms with Crippen molar-refractivity contribution in [1.82, 2.24) is 0 Å². The Morgan fingerprint density at radius 2 is 1.90 bits per heavy atom. The highest BCUT2D eigenvalue weighted by atomic mass is 35.5. The second-order valence-corrected chi connectivity index (χ2v) is 8.43. The first kappa shape index (κ1) is 22.9. The van der Waals surface area contributed by atoms with E-state index in [-0.39, 0.29) is 30.5 Å². The van der Waals surface area contributed by atoms with Crippen molar-refractivity contribution >= 4 is 23.4 Å². The molecule has 7 heteroatoms. The standard InChI is InChI=1S/C23H29ClO6/c24-17-9-7-16(8-10-17)23(29-13-14-30-23)12-11-19-18(20(25)15-21(19)26)5-3-1-2-4-6-22(27)28/h1,3,7-10,18-19,21,26H,2,4-6,11-15H2,(H,27,28)/b3-1-/t18-,19-,21-/m1/s1. The maximum absolute atomic E-state index is 12.4. The summed E-state index contributed by atoms with van der Waals surface area (Å²) in [6.45, 7) is 0.995. The number of carbonyl (C=O) groups is 2. The number of ketones is 1. The Morgan fingerprint density at radius 1 is 1.20 bits per heavy atom. The molecule has 164 valence electrons. The molecular formula is C23H29ClO6. The van der Waals surface area contributed by atoms with Gasteiger partial charge in [-0.2, -0.15) is 0 Å². The van der Waals surface area contributed by atoms with E-state index in [0.717, 1.165) is 5.56 Å². The molecule has 1 heterocycles. The summed E-state index contributed by atoms with van der Waals surface area (Å²) in [4.78, 5) is 23.0. The summed E-state index contributed by atoms with van der Waals surface area (Å²) < 4.78 is 11.9. The molecule has 3 atom stereocenters. The molecule has 30 heavy (non-hydrogen) atoms. The zero-order valence-electron chi connectivity index (χ0n) is 17.0. The van der Waals surface area contributed by atoms with Crippen molar-refractivity contribution < 1.29 is 29.3 Å². The van der Waals surface area contributed by atoms with Gasteiger partial charge in [-0.05, 0) is 43.7 Å². The number of allylic oxidation sites excluding steroid dienone is 2. The van der Waals surface area contributed by atoms with Gasteiger partial charge in [-0.1, -0.05) is 35.9 Å². The van der Waals surface area contributed by atoms with Gasteiger partial charge in [0.15, 0.2) is 5.79 Å². The lowest BCUT2D eigenvalue weighted by Gasteiger charge is -2.30. The molecule has 1 saturated carbocycles. The topological polar surface area (TPSA) is 93.1 Å². The second kappa shape index (κ2) is 10.5. The highest BCUT2D eigenvalue weighted by Crippen LogP contribution is 2.42. The lowest BCUT2D eigenvalue weighted by molar-refractivity contribution is -0.174. The maximum atomic E-state index is 12.4. The van der Waals surface area contributed by atoms with Gasteiger partial charge in [0.1, 0.15) is 5.78 Å². The Bertz CT molecular complexity index is 753. The lowest BCUT2D eigenvalue weighted by atomic mass is 9.85. The molecule has 1 aromatic carbocycles. The smallest absolute Gasteiger partial charge is 0.303 e. The normalized spacial score (nSPS) is 25.9. The highest BCUT2D eigenvalue weighted by molar-refractivity contribution is 6.30. The average molecular weight is 437 g/mol. The number of carbonyl (C=O) groups excluding carboxylic acids is 1.